The number of aliphatic imine (C=N–C) groups is 1. The minimum atomic E-state index is -0.642. The molecule has 2 amide bonds. The van der Waals surface area contributed by atoms with Crippen molar-refractivity contribution in [1.29, 1.82) is 0 Å². The predicted octanol–water partition coefficient (Wildman–Crippen LogP) is 2.60. The zero-order valence-corrected chi connectivity index (χ0v) is 15.3. The lowest BCUT2D eigenvalue weighted by molar-refractivity contribution is -0.123. The largest absolute Gasteiger partial charge is 0.341 e. The molecule has 8 heteroatoms. The molecule has 0 spiro atoms. The summed E-state index contributed by atoms with van der Waals surface area (Å²) in [5.74, 6) is 0.382. The molecule has 1 atom stereocenters. The first-order valence-corrected chi connectivity index (χ1v) is 9.60. The normalized spacial score (nSPS) is 21.2. The van der Waals surface area contributed by atoms with Gasteiger partial charge < -0.3 is 10.2 Å². The van der Waals surface area contributed by atoms with Crippen molar-refractivity contribution in [1.82, 2.24) is 9.97 Å². The number of amides is 2. The fourth-order valence-corrected chi connectivity index (χ4v) is 4.00. The molecule has 5 rings (SSSR count). The van der Waals surface area contributed by atoms with E-state index < -0.39 is 5.92 Å². The molecule has 2 aromatic rings. The Morgan fingerprint density at radius 3 is 2.57 bits per heavy atom. The Balaban J connectivity index is 1.62. The number of nitrogens with zero attached hydrogens (tertiary/aromatic N) is 5. The lowest BCUT2D eigenvalue weighted by Gasteiger charge is -2.30. The summed E-state index contributed by atoms with van der Waals surface area (Å²) < 4.78 is 0. The fourth-order valence-electron chi connectivity index (χ4n) is 4.00. The molecule has 3 aliphatic heterocycles. The topological polar surface area (TPSA) is 90.8 Å². The van der Waals surface area contributed by atoms with E-state index in [0.29, 0.717) is 28.8 Å². The second-order valence-corrected chi connectivity index (χ2v) is 7.25. The highest BCUT2D eigenvalue weighted by atomic mass is 16.2. The van der Waals surface area contributed by atoms with Crippen molar-refractivity contribution < 1.29 is 9.59 Å². The Morgan fingerprint density at radius 1 is 1.00 bits per heavy atom. The Morgan fingerprint density at radius 2 is 1.79 bits per heavy atom. The molecule has 28 heavy (non-hydrogen) atoms. The third-order valence-corrected chi connectivity index (χ3v) is 5.41. The quantitative estimate of drug-likeness (QED) is 0.870. The van der Waals surface area contributed by atoms with Crippen molar-refractivity contribution >= 4 is 41.4 Å². The highest BCUT2D eigenvalue weighted by Gasteiger charge is 2.39. The lowest BCUT2D eigenvalue weighted by Crippen LogP contribution is -2.37. The third kappa shape index (κ3) is 2.81. The van der Waals surface area contributed by atoms with Gasteiger partial charge in [-0.1, -0.05) is 18.2 Å². The first kappa shape index (κ1) is 16.9. The third-order valence-electron chi connectivity index (χ3n) is 5.41. The van der Waals surface area contributed by atoms with E-state index in [9.17, 15) is 9.59 Å². The zero-order chi connectivity index (χ0) is 19.1. The van der Waals surface area contributed by atoms with Crippen LogP contribution in [-0.2, 0) is 9.59 Å². The summed E-state index contributed by atoms with van der Waals surface area (Å²) in [5, 5.41) is 2.82. The van der Waals surface area contributed by atoms with Gasteiger partial charge in [0.25, 0.3) is 0 Å². The van der Waals surface area contributed by atoms with Gasteiger partial charge in [0.1, 0.15) is 12.2 Å². The molecule has 0 radical (unpaired) electrons. The van der Waals surface area contributed by atoms with Crippen molar-refractivity contribution in [2.45, 2.75) is 31.6 Å². The van der Waals surface area contributed by atoms with Crippen molar-refractivity contribution in [3.8, 4) is 0 Å². The van der Waals surface area contributed by atoms with Gasteiger partial charge in [-0.25, -0.2) is 4.99 Å². The van der Waals surface area contributed by atoms with Crippen LogP contribution in [0.3, 0.4) is 0 Å². The molecular weight excluding hydrogens is 356 g/mol. The minimum Gasteiger partial charge on any atom is -0.341 e. The van der Waals surface area contributed by atoms with Crippen molar-refractivity contribution in [2.75, 3.05) is 28.2 Å². The number of nitrogens with one attached hydrogen (secondary N) is 1. The molecule has 0 bridgehead atoms. The minimum absolute atomic E-state index is 0.0674. The fraction of sp³-hybridized carbons (Fsp3) is 0.350. The summed E-state index contributed by atoms with van der Waals surface area (Å²) in [7, 11) is 0. The molecule has 8 nitrogen and oxygen atoms in total. The van der Waals surface area contributed by atoms with Gasteiger partial charge in [-0.2, -0.15) is 9.97 Å². The summed E-state index contributed by atoms with van der Waals surface area (Å²) >= 11 is 0. The van der Waals surface area contributed by atoms with Crippen molar-refractivity contribution in [2.24, 2.45) is 4.99 Å². The van der Waals surface area contributed by atoms with Crippen molar-refractivity contribution in [3.05, 3.63) is 35.9 Å². The van der Waals surface area contributed by atoms with Gasteiger partial charge in [0.2, 0.25) is 17.8 Å². The molecule has 0 saturated carbocycles. The number of rotatable bonds is 2. The number of carbonyl (C=O) groups excluding carboxylic acids is 2. The smallest absolute Gasteiger partial charge is 0.240 e. The zero-order valence-electron chi connectivity index (χ0n) is 15.3. The number of hydrogen-bond donors (Lipinski definition) is 1. The van der Waals surface area contributed by atoms with Gasteiger partial charge in [0.05, 0.1) is 11.5 Å². The Bertz CT molecular complexity index is 968. The monoisotopic (exact) mass is 376 g/mol. The van der Waals surface area contributed by atoms with E-state index >= 15 is 0 Å². The maximum absolute atomic E-state index is 13.2. The van der Waals surface area contributed by atoms with Crippen LogP contribution in [0.25, 0.3) is 0 Å². The van der Waals surface area contributed by atoms with Gasteiger partial charge in [-0.3, -0.25) is 14.5 Å². The van der Waals surface area contributed by atoms with E-state index in [2.05, 4.69) is 25.2 Å². The number of anilines is 3. The Kier molecular flexibility index (Phi) is 4.03. The predicted molar refractivity (Wildman–Crippen MR) is 106 cm³/mol. The highest BCUT2D eigenvalue weighted by Crippen LogP contribution is 2.41. The summed E-state index contributed by atoms with van der Waals surface area (Å²) in [6.07, 6.45) is 4.95. The summed E-state index contributed by atoms with van der Waals surface area (Å²) in [4.78, 5) is 43.0. The number of carbonyl (C=O) groups is 2. The molecule has 1 saturated heterocycles. The van der Waals surface area contributed by atoms with E-state index in [-0.39, 0.29) is 18.2 Å². The SMILES string of the molecule is O=C1C[C@@H]2C(=O)N(c3ccccc3)C=Nc3nc(N4CCCCC4)nc(c32)N1. The molecule has 0 unspecified atom stereocenters. The number of hydrogen-bond acceptors (Lipinski definition) is 6. The average Bonchev–Trinajstić information content (AvgIpc) is 2.87. The molecule has 0 aliphatic carbocycles. The van der Waals surface area contributed by atoms with Gasteiger partial charge in [0.15, 0.2) is 5.82 Å². The molecule has 1 aromatic carbocycles. The lowest BCUT2D eigenvalue weighted by atomic mass is 9.91. The van der Waals surface area contributed by atoms with Crippen LogP contribution in [0.15, 0.2) is 35.3 Å². The van der Waals surface area contributed by atoms with Gasteiger partial charge >= 0.3 is 0 Å². The van der Waals surface area contributed by atoms with Crippen LogP contribution in [0.5, 0.6) is 0 Å². The summed E-state index contributed by atoms with van der Waals surface area (Å²) in [6.45, 7) is 1.77. The van der Waals surface area contributed by atoms with E-state index in [4.69, 9.17) is 0 Å². The summed E-state index contributed by atoms with van der Waals surface area (Å²) in [5.41, 5.74) is 1.32. The van der Waals surface area contributed by atoms with Gasteiger partial charge in [-0.05, 0) is 31.4 Å². The van der Waals surface area contributed by atoms with Crippen LogP contribution in [-0.4, -0.2) is 41.2 Å². The highest BCUT2D eigenvalue weighted by molar-refractivity contribution is 6.16. The van der Waals surface area contributed by atoms with Crippen LogP contribution in [0.2, 0.25) is 0 Å². The van der Waals surface area contributed by atoms with Crippen LogP contribution < -0.4 is 15.1 Å². The van der Waals surface area contributed by atoms with E-state index in [0.717, 1.165) is 25.9 Å². The molecule has 4 heterocycles. The first-order valence-electron chi connectivity index (χ1n) is 9.60. The first-order chi connectivity index (χ1) is 13.7. The molecular formula is C20H20N6O2. The number of aromatic nitrogens is 2. The van der Waals surface area contributed by atoms with Crippen LogP contribution in [0.4, 0.5) is 23.3 Å². The van der Waals surface area contributed by atoms with E-state index in [1.807, 2.05) is 30.3 Å². The van der Waals surface area contributed by atoms with Crippen LogP contribution in [0, 0.1) is 0 Å². The van der Waals surface area contributed by atoms with Gasteiger partial charge in [0, 0.05) is 25.2 Å². The summed E-state index contributed by atoms with van der Waals surface area (Å²) in [6, 6.07) is 9.30. The Labute approximate surface area is 162 Å². The standard InChI is InChI=1S/C20H20N6O2/c27-15-11-14-16-17(21-12-26(19(14)28)13-7-3-1-4-8-13)23-20(24-18(16)22-15)25-9-5-2-6-10-25/h1,3-4,7-8,12,14H,2,5-6,9-11H2,(H,22,23,24,27)/t14-/m0/s1. The number of piperidine rings is 1. The molecule has 1 N–H and O–H groups in total. The number of para-hydroxylation sites is 1. The van der Waals surface area contributed by atoms with Crippen LogP contribution in [0.1, 0.15) is 37.2 Å². The second-order valence-electron chi connectivity index (χ2n) is 7.25. The maximum atomic E-state index is 13.2. The maximum Gasteiger partial charge on any atom is 0.240 e. The van der Waals surface area contributed by atoms with Crippen LogP contribution >= 0.6 is 0 Å². The molecule has 142 valence electrons. The van der Waals surface area contributed by atoms with E-state index in [1.54, 1.807) is 0 Å². The molecule has 1 fully saturated rings. The van der Waals surface area contributed by atoms with Gasteiger partial charge in [-0.15, -0.1) is 0 Å². The molecule has 1 aromatic heterocycles. The average molecular weight is 376 g/mol. The van der Waals surface area contributed by atoms with Crippen molar-refractivity contribution in [3.63, 3.8) is 0 Å². The Hall–Kier alpha value is -3.29. The molecule has 3 aliphatic rings. The second kappa shape index (κ2) is 6.70. The number of benzene rings is 1. The van der Waals surface area contributed by atoms with E-state index in [1.165, 1.54) is 17.7 Å².